The number of aliphatic hydroxyl groups is 1. The molecule has 3 aromatic heterocycles. The molecule has 14 atom stereocenters. The molecule has 3 aliphatic rings. The number of guanidine groups is 1. The number of benzene rings is 3. The summed E-state index contributed by atoms with van der Waals surface area (Å²) in [5.41, 5.74) is 19.3. The lowest BCUT2D eigenvalue weighted by Crippen LogP contribution is -2.61. The molecular formula is C88H121N23O19S2. The number of unbranched alkanes of at least 4 members (excludes halogenated alkanes) is 1. The van der Waals surface area contributed by atoms with Gasteiger partial charge in [-0.1, -0.05) is 82.1 Å². The van der Waals surface area contributed by atoms with Gasteiger partial charge < -0.3 is 120 Å². The molecule has 0 bridgehead atoms. The number of carbonyl (C=O) groups is 17. The number of rotatable bonds is 23. The second kappa shape index (κ2) is 48.6. The summed E-state index contributed by atoms with van der Waals surface area (Å²) in [6, 6.07) is -1.23. The molecule has 9 rings (SSSR count). The van der Waals surface area contributed by atoms with Gasteiger partial charge in [0.05, 0.1) is 31.7 Å². The van der Waals surface area contributed by atoms with Crippen LogP contribution in [0.2, 0.25) is 0 Å². The van der Waals surface area contributed by atoms with E-state index in [2.05, 4.69) is 73.4 Å². The molecule has 3 aliphatic heterocycles. The van der Waals surface area contributed by atoms with E-state index in [1.54, 1.807) is 55.8 Å². The highest BCUT2D eigenvalue weighted by atomic mass is 32.2. The number of aromatic hydroxyl groups is 1. The Balaban J connectivity index is 1.08. The molecule has 3 aromatic carbocycles. The van der Waals surface area contributed by atoms with Crippen LogP contribution in [0, 0.1) is 11.3 Å². The highest BCUT2D eigenvalue weighted by molar-refractivity contribution is 8.00. The third-order valence-corrected chi connectivity index (χ3v) is 25.6. The summed E-state index contributed by atoms with van der Waals surface area (Å²) in [7, 11) is 3.86. The fourth-order valence-corrected chi connectivity index (χ4v) is 17.8. The lowest BCUT2D eigenvalue weighted by Gasteiger charge is -2.35. The number of amides is 17. The summed E-state index contributed by atoms with van der Waals surface area (Å²) in [5, 5.41) is 61.5. The van der Waals surface area contributed by atoms with E-state index in [0.29, 0.717) is 46.1 Å². The van der Waals surface area contributed by atoms with Crippen molar-refractivity contribution < 1.29 is 91.7 Å². The summed E-state index contributed by atoms with van der Waals surface area (Å²) >= 11 is 2.11. The minimum atomic E-state index is -1.84. The van der Waals surface area contributed by atoms with Gasteiger partial charge in [-0.2, -0.15) is 0 Å². The predicted molar refractivity (Wildman–Crippen MR) is 488 cm³/mol. The second-order valence-corrected chi connectivity index (χ2v) is 35.6. The molecule has 0 radical (unpaired) electrons. The maximum absolute atomic E-state index is 15.6. The lowest BCUT2D eigenvalue weighted by molar-refractivity contribution is -0.149. The number of para-hydroxylation sites is 1. The number of thioether (sulfide) groups is 1. The van der Waals surface area contributed by atoms with Crippen LogP contribution in [0.25, 0.3) is 21.0 Å². The van der Waals surface area contributed by atoms with E-state index >= 15 is 33.6 Å². The number of thiophene rings is 1. The van der Waals surface area contributed by atoms with Crippen LogP contribution in [-0.4, -0.2) is 306 Å². The van der Waals surface area contributed by atoms with Crippen molar-refractivity contribution in [2.75, 3.05) is 65.4 Å². The quantitative estimate of drug-likeness (QED) is 0.0182. The van der Waals surface area contributed by atoms with E-state index in [1.165, 1.54) is 88.0 Å². The number of H-pyrrole nitrogens is 2. The number of aromatic amines is 2. The Kier molecular flexibility index (Phi) is 37.7. The van der Waals surface area contributed by atoms with Crippen molar-refractivity contribution >= 4 is 150 Å². The molecule has 6 aromatic rings. The van der Waals surface area contributed by atoms with Gasteiger partial charge in [0.15, 0.2) is 5.96 Å². The van der Waals surface area contributed by atoms with Gasteiger partial charge in [-0.15, -0.1) is 23.1 Å². The number of hydrogen-bond acceptors (Lipinski definition) is 23. The summed E-state index contributed by atoms with van der Waals surface area (Å²) in [6.45, 7) is 6.16. The number of aliphatic hydroxyl groups excluding tert-OH is 1. The minimum Gasteiger partial charge on any atom is -0.508 e. The topological polar surface area (TPSA) is 626 Å². The van der Waals surface area contributed by atoms with Crippen LogP contribution in [0.3, 0.4) is 0 Å². The SMILES string of the molecule is CCCC[C@H]1C(=O)N(C)[C@@H](C)C(=O)N[C@@H](CCCNC(=N)N)C(=O)NC(C(=O)NCC(N)=O)CSCC(=O)N[C@@H](Cc2ccc(O)cc2)C(=O)N(C)[C@@H](C)C(=O)N[C@@H](CC(N)=O)C(=O)N2CCC[C@H]2C(=O)N[C@@H](Cc2cnc[nH]2)C(=O)N[C@@H](CC(C)C)C(=O)N2CCC[C@H]2C(=O)N[C@@H](Cc2c[nH]c3ccccc23)C(=O)N[C@@H](CO)C(=O)N[C@@H](Cc2csc3ccccc23)C(=O)N1C. The van der Waals surface area contributed by atoms with Crippen molar-refractivity contribution in [2.24, 2.45) is 23.1 Å². The number of hydrogen-bond donors (Lipinski definition) is 19. The highest BCUT2D eigenvalue weighted by Crippen LogP contribution is 2.30. The van der Waals surface area contributed by atoms with Gasteiger partial charge in [-0.3, -0.25) is 86.9 Å². The number of phenolic OH excluding ortho intramolecular Hbond substituents is 1. The molecule has 714 valence electrons. The van der Waals surface area contributed by atoms with E-state index in [4.69, 9.17) is 22.6 Å². The van der Waals surface area contributed by atoms with Crippen LogP contribution >= 0.6 is 23.1 Å². The van der Waals surface area contributed by atoms with Crippen molar-refractivity contribution in [2.45, 2.75) is 216 Å². The van der Waals surface area contributed by atoms with Crippen molar-refractivity contribution in [3.8, 4) is 5.75 Å². The minimum absolute atomic E-state index is 0.00228. The number of phenols is 1. The lowest BCUT2D eigenvalue weighted by atomic mass is 10.0. The summed E-state index contributed by atoms with van der Waals surface area (Å²) in [6.07, 6.45) is 3.80. The van der Waals surface area contributed by atoms with Crippen LogP contribution in [-0.2, 0) is 107 Å². The number of fused-ring (bicyclic) bond motifs is 4. The molecule has 3 saturated heterocycles. The first-order valence-electron chi connectivity index (χ1n) is 43.9. The predicted octanol–water partition coefficient (Wildman–Crippen LogP) is -2.34. The van der Waals surface area contributed by atoms with Crippen LogP contribution in [0.4, 0.5) is 0 Å². The van der Waals surface area contributed by atoms with Crippen LogP contribution in [0.1, 0.15) is 128 Å². The molecule has 17 amide bonds. The van der Waals surface area contributed by atoms with Gasteiger partial charge in [0.25, 0.3) is 0 Å². The molecule has 0 aliphatic carbocycles. The van der Waals surface area contributed by atoms with E-state index in [9.17, 15) is 58.2 Å². The number of nitrogens with zero attached hydrogens (tertiary/aromatic N) is 6. The molecule has 22 N–H and O–H groups in total. The maximum Gasteiger partial charge on any atom is 0.246 e. The molecule has 44 heteroatoms. The standard InChI is InChI=1S/C88H121N23O19S2/c1-9-10-22-69-87(130)108(7)49(5)74(117)99-58(21-15-30-94-88(91)92)77(120)106-66(76(119)96-41-72(90)115)44-131-45-73(116)98-62(34-50-26-28-54(113)29-27-50)83(126)107(6)48(4)75(118)102-64(38-71(89)114)86(129)111-32-17-24-68(111)82(125)101-60(37-53-40-93-46-97-53)79(122)103-61(33-47(2)3)85(128)110-31-16-23-67(110)81(124)100-59(35-51-39-95-57-20-13-11-18-55(51)57)78(121)105-65(42-112)80(123)104-63(84(127)109(69)8)36-52-43-132-70-25-14-12-19-56(52)70/h11-14,18-20,25-29,39-40,43,46-49,58-69,95,112-113H,9-10,15-17,21-24,30-38,41-42,44-45H2,1-8H3,(H2,89,114)(H2,90,115)(H,93,97)(H,96,119)(H,98,116)(H,99,117)(H,100,124)(H,101,125)(H,102,118)(H,103,122)(H,104,123)(H,105,121)(H,106,120)(H4,91,92,94)/t48-,49-,58-,59-,60-,61-,62-,63-,64-,65-,66?,67-,68-,69-/m0/s1. The first-order chi connectivity index (χ1) is 62.9. The smallest absolute Gasteiger partial charge is 0.246 e. The summed E-state index contributed by atoms with van der Waals surface area (Å²) in [5.74, 6) is -17.4. The van der Waals surface area contributed by atoms with Crippen LogP contribution in [0.15, 0.2) is 96.9 Å². The van der Waals surface area contributed by atoms with E-state index in [-0.39, 0.29) is 108 Å². The largest absolute Gasteiger partial charge is 0.508 e. The summed E-state index contributed by atoms with van der Waals surface area (Å²) in [4.78, 5) is 264. The van der Waals surface area contributed by atoms with E-state index in [0.717, 1.165) is 41.4 Å². The zero-order valence-corrected chi connectivity index (χ0v) is 76.7. The van der Waals surface area contributed by atoms with Gasteiger partial charge in [0.2, 0.25) is 100 Å². The Labute approximate surface area is 770 Å². The molecule has 0 spiro atoms. The molecule has 42 nitrogen and oxygen atoms in total. The van der Waals surface area contributed by atoms with Gasteiger partial charge >= 0.3 is 0 Å². The van der Waals surface area contributed by atoms with Gasteiger partial charge in [0, 0.05) is 106 Å². The first kappa shape index (κ1) is 102. The number of imidazole rings is 1. The van der Waals surface area contributed by atoms with Gasteiger partial charge in [-0.25, -0.2) is 4.98 Å². The van der Waals surface area contributed by atoms with Crippen molar-refractivity contribution in [3.63, 3.8) is 0 Å². The van der Waals surface area contributed by atoms with Crippen molar-refractivity contribution in [3.05, 3.63) is 119 Å². The highest BCUT2D eigenvalue weighted by Gasteiger charge is 2.45. The number of primary amides is 2. The van der Waals surface area contributed by atoms with Gasteiger partial charge in [-0.05, 0) is 123 Å². The van der Waals surface area contributed by atoms with Crippen molar-refractivity contribution in [1.82, 2.24) is 97.9 Å². The van der Waals surface area contributed by atoms with Gasteiger partial charge in [0.1, 0.15) is 90.3 Å². The fraction of sp³-hybridized carbons (Fsp3) is 0.511. The Morgan fingerprint density at radius 2 is 1.11 bits per heavy atom. The molecule has 3 fully saturated rings. The number of nitrogens with one attached hydrogen (secondary N) is 14. The van der Waals surface area contributed by atoms with Crippen molar-refractivity contribution in [1.29, 1.82) is 5.41 Å². The number of likely N-dealkylation sites (N-methyl/N-ethyl adjacent to an activating group) is 3. The number of aromatic nitrogens is 3. The van der Waals surface area contributed by atoms with Crippen LogP contribution < -0.4 is 75.7 Å². The fourth-order valence-electron chi connectivity index (χ4n) is 16.0. The van der Waals surface area contributed by atoms with Crippen LogP contribution in [0.5, 0.6) is 5.75 Å². The molecule has 132 heavy (non-hydrogen) atoms. The molecule has 1 unspecified atom stereocenters. The normalized spacial score (nSPS) is 24.5. The Morgan fingerprint density at radius 3 is 1.71 bits per heavy atom. The monoisotopic (exact) mass is 1870 g/mol. The Bertz CT molecular complexity index is 5150. The maximum atomic E-state index is 15.6. The molecular weight excluding hydrogens is 1750 g/mol. The average Bonchev–Trinajstić information content (AvgIpc) is 1.61. The molecule has 6 heterocycles. The third kappa shape index (κ3) is 28.1. The zero-order chi connectivity index (χ0) is 96.3. The zero-order valence-electron chi connectivity index (χ0n) is 75.0. The number of carbonyl (C=O) groups excluding carboxylic acids is 17. The molecule has 0 saturated carbocycles. The number of nitrogens with two attached hydrogens (primary N) is 3. The average molecular weight is 1870 g/mol. The van der Waals surface area contributed by atoms with E-state index in [1.807, 2.05) is 25.1 Å². The van der Waals surface area contributed by atoms with E-state index < -0.39 is 222 Å². The second-order valence-electron chi connectivity index (χ2n) is 33.7. The first-order valence-corrected chi connectivity index (χ1v) is 45.9. The summed E-state index contributed by atoms with van der Waals surface area (Å²) < 4.78 is 0.822. The third-order valence-electron chi connectivity index (χ3n) is 23.5. The Morgan fingerprint density at radius 1 is 0.561 bits per heavy atom. The Hall–Kier alpha value is -13.3.